The second-order valence-corrected chi connectivity index (χ2v) is 6.47. The molecular formula is C16H30N2O2. The minimum atomic E-state index is 0.443. The molecule has 0 aromatic carbocycles. The van der Waals surface area contributed by atoms with E-state index in [1.165, 1.54) is 0 Å². The topological polar surface area (TPSA) is 40.6 Å². The molecule has 2 rings (SSSR count). The normalized spacial score (nSPS) is 22.1. The Labute approximate surface area is 123 Å². The van der Waals surface area contributed by atoms with Crippen LogP contribution in [0.25, 0.3) is 0 Å². The Bertz CT molecular complexity index is 274. The van der Waals surface area contributed by atoms with Gasteiger partial charge in [0.2, 0.25) is 0 Å². The van der Waals surface area contributed by atoms with Crippen molar-refractivity contribution in [3.63, 3.8) is 0 Å². The molecule has 0 atom stereocenters. The lowest BCUT2D eigenvalue weighted by molar-refractivity contribution is -0.121. The maximum absolute atomic E-state index is 10.8. The van der Waals surface area contributed by atoms with Crippen molar-refractivity contribution in [2.45, 2.75) is 63.5 Å². The van der Waals surface area contributed by atoms with E-state index in [1.54, 1.807) is 0 Å². The number of hydrogen-bond acceptors (Lipinski definition) is 4. The van der Waals surface area contributed by atoms with Crippen LogP contribution in [0, 0.1) is 0 Å². The third-order valence-corrected chi connectivity index (χ3v) is 4.49. The first-order chi connectivity index (χ1) is 9.40. The van der Waals surface area contributed by atoms with Crippen LogP contribution in [0.5, 0.6) is 0 Å². The lowest BCUT2D eigenvalue weighted by atomic mass is 9.94. The van der Waals surface area contributed by atoms with Crippen molar-refractivity contribution in [1.82, 2.24) is 9.80 Å². The summed E-state index contributed by atoms with van der Waals surface area (Å²) in [5, 5.41) is 0. The molecule has 0 bridgehead atoms. The van der Waals surface area contributed by atoms with E-state index in [1.807, 2.05) is 0 Å². The minimum absolute atomic E-state index is 0.443. The Kier molecular flexibility index (Phi) is 7.38. The number of Topliss-reactive ketones (excluding diaryl/α,β-unsaturated/α-hetero) is 2. The highest BCUT2D eigenvalue weighted by Gasteiger charge is 2.20. The Morgan fingerprint density at radius 3 is 1.10 bits per heavy atom. The van der Waals surface area contributed by atoms with Crippen LogP contribution in [0.4, 0.5) is 0 Å². The molecule has 2 aliphatic carbocycles. The Morgan fingerprint density at radius 2 is 0.900 bits per heavy atom. The van der Waals surface area contributed by atoms with Crippen LogP contribution in [-0.4, -0.2) is 61.6 Å². The van der Waals surface area contributed by atoms with Gasteiger partial charge in [-0.15, -0.1) is 0 Å². The van der Waals surface area contributed by atoms with Gasteiger partial charge in [-0.2, -0.15) is 0 Å². The fraction of sp³-hybridized carbons (Fsp3) is 0.875. The fourth-order valence-corrected chi connectivity index (χ4v) is 2.88. The van der Waals surface area contributed by atoms with Crippen LogP contribution >= 0.6 is 0 Å². The van der Waals surface area contributed by atoms with Gasteiger partial charge in [0.25, 0.3) is 0 Å². The predicted molar refractivity (Wildman–Crippen MR) is 81.9 cm³/mol. The first-order valence-electron chi connectivity index (χ1n) is 7.76. The van der Waals surface area contributed by atoms with Gasteiger partial charge in [-0.05, 0) is 53.9 Å². The molecule has 0 saturated heterocycles. The number of nitrogens with zero attached hydrogens (tertiary/aromatic N) is 2. The average Bonchev–Trinajstić information content (AvgIpc) is 2.40. The predicted octanol–water partition coefficient (Wildman–Crippen LogP) is 2.12. The summed E-state index contributed by atoms with van der Waals surface area (Å²) in [7, 11) is 8.34. The van der Waals surface area contributed by atoms with Crippen LogP contribution in [0.2, 0.25) is 0 Å². The monoisotopic (exact) mass is 282 g/mol. The van der Waals surface area contributed by atoms with Crippen molar-refractivity contribution < 1.29 is 9.59 Å². The molecule has 0 amide bonds. The quantitative estimate of drug-likeness (QED) is 0.778. The SMILES string of the molecule is CN(C)C1CCC(=O)CC1.CN(C)C1CCC(=O)CC1. The maximum Gasteiger partial charge on any atom is 0.133 e. The lowest BCUT2D eigenvalue weighted by Crippen LogP contribution is -2.32. The molecule has 20 heavy (non-hydrogen) atoms. The van der Waals surface area contributed by atoms with Gasteiger partial charge >= 0.3 is 0 Å². The van der Waals surface area contributed by atoms with Crippen molar-refractivity contribution in [1.29, 1.82) is 0 Å². The molecule has 0 aromatic heterocycles. The van der Waals surface area contributed by atoms with Crippen molar-refractivity contribution in [3.05, 3.63) is 0 Å². The fourth-order valence-electron chi connectivity index (χ4n) is 2.88. The average molecular weight is 282 g/mol. The van der Waals surface area contributed by atoms with Gasteiger partial charge in [-0.1, -0.05) is 0 Å². The van der Waals surface area contributed by atoms with E-state index < -0.39 is 0 Å². The summed E-state index contributed by atoms with van der Waals surface area (Å²) in [5.41, 5.74) is 0. The number of carbonyl (C=O) groups excluding carboxylic acids is 2. The van der Waals surface area contributed by atoms with Crippen LogP contribution in [0.1, 0.15) is 51.4 Å². The molecule has 4 nitrogen and oxygen atoms in total. The standard InChI is InChI=1S/2C8H15NO/c2*1-9(2)7-3-5-8(10)6-4-7/h2*7H,3-6H2,1-2H3. The molecule has 0 aliphatic heterocycles. The number of hydrogen-bond donors (Lipinski definition) is 0. The van der Waals surface area contributed by atoms with E-state index in [2.05, 4.69) is 38.0 Å². The smallest absolute Gasteiger partial charge is 0.133 e. The van der Waals surface area contributed by atoms with Crippen molar-refractivity contribution in [2.24, 2.45) is 0 Å². The molecule has 0 aromatic rings. The number of carbonyl (C=O) groups is 2. The third kappa shape index (κ3) is 6.14. The molecule has 0 spiro atoms. The first-order valence-corrected chi connectivity index (χ1v) is 7.76. The summed E-state index contributed by atoms with van der Waals surface area (Å²) in [6, 6.07) is 1.30. The highest BCUT2D eigenvalue weighted by atomic mass is 16.1. The third-order valence-electron chi connectivity index (χ3n) is 4.49. The van der Waals surface area contributed by atoms with Crippen LogP contribution in [0.3, 0.4) is 0 Å². The molecule has 0 N–H and O–H groups in total. The summed E-state index contributed by atoms with van der Waals surface area (Å²) in [4.78, 5) is 26.1. The molecule has 0 heterocycles. The molecule has 2 aliphatic rings. The molecule has 2 saturated carbocycles. The Balaban J connectivity index is 0.000000200. The van der Waals surface area contributed by atoms with Gasteiger partial charge in [-0.25, -0.2) is 0 Å². The van der Waals surface area contributed by atoms with E-state index in [9.17, 15) is 9.59 Å². The van der Waals surface area contributed by atoms with Gasteiger partial charge in [-0.3, -0.25) is 9.59 Å². The summed E-state index contributed by atoms with van der Waals surface area (Å²) in [6.45, 7) is 0. The number of ketones is 2. The molecular weight excluding hydrogens is 252 g/mol. The molecule has 0 radical (unpaired) electrons. The van der Waals surface area contributed by atoms with Gasteiger partial charge in [0, 0.05) is 37.8 Å². The largest absolute Gasteiger partial charge is 0.306 e. The van der Waals surface area contributed by atoms with E-state index in [0.717, 1.165) is 51.4 Å². The van der Waals surface area contributed by atoms with Crippen LogP contribution in [-0.2, 0) is 9.59 Å². The van der Waals surface area contributed by atoms with Crippen molar-refractivity contribution >= 4 is 11.6 Å². The second-order valence-electron chi connectivity index (χ2n) is 6.47. The van der Waals surface area contributed by atoms with Gasteiger partial charge in [0.15, 0.2) is 0 Å². The lowest BCUT2D eigenvalue weighted by Gasteiger charge is -2.26. The van der Waals surface area contributed by atoms with E-state index in [0.29, 0.717) is 23.7 Å². The van der Waals surface area contributed by atoms with Gasteiger partial charge < -0.3 is 9.80 Å². The number of rotatable bonds is 2. The summed E-state index contributed by atoms with van der Waals surface area (Å²) < 4.78 is 0. The summed E-state index contributed by atoms with van der Waals surface area (Å²) >= 11 is 0. The van der Waals surface area contributed by atoms with Crippen LogP contribution < -0.4 is 0 Å². The van der Waals surface area contributed by atoms with Crippen LogP contribution in [0.15, 0.2) is 0 Å². The van der Waals surface area contributed by atoms with Crippen molar-refractivity contribution in [3.8, 4) is 0 Å². The zero-order chi connectivity index (χ0) is 15.1. The summed E-state index contributed by atoms with van der Waals surface area (Å²) in [6.07, 6.45) is 7.42. The zero-order valence-corrected chi connectivity index (χ0v) is 13.5. The van der Waals surface area contributed by atoms with E-state index >= 15 is 0 Å². The molecule has 4 heteroatoms. The Morgan fingerprint density at radius 1 is 0.650 bits per heavy atom. The molecule has 0 unspecified atom stereocenters. The highest BCUT2D eigenvalue weighted by molar-refractivity contribution is 5.79. The molecule has 2 fully saturated rings. The first kappa shape index (κ1) is 17.3. The summed E-state index contributed by atoms with van der Waals surface area (Å²) in [5.74, 6) is 0.885. The molecule has 116 valence electrons. The minimum Gasteiger partial charge on any atom is -0.306 e. The Hall–Kier alpha value is -0.740. The zero-order valence-electron chi connectivity index (χ0n) is 13.5. The second kappa shape index (κ2) is 8.53. The highest BCUT2D eigenvalue weighted by Crippen LogP contribution is 2.18. The van der Waals surface area contributed by atoms with Gasteiger partial charge in [0.05, 0.1) is 0 Å². The van der Waals surface area contributed by atoms with E-state index in [4.69, 9.17) is 0 Å². The maximum atomic E-state index is 10.8. The van der Waals surface area contributed by atoms with E-state index in [-0.39, 0.29) is 0 Å². The van der Waals surface area contributed by atoms with Crippen molar-refractivity contribution in [2.75, 3.05) is 28.2 Å². The van der Waals surface area contributed by atoms with Gasteiger partial charge in [0.1, 0.15) is 11.6 Å².